The molecule has 7 heteroatoms. The van der Waals surface area contributed by atoms with E-state index in [1.54, 1.807) is 12.1 Å². The normalized spacial score (nSPS) is 10.7. The molecule has 0 aliphatic heterocycles. The van der Waals surface area contributed by atoms with Crippen LogP contribution in [-0.4, -0.2) is 20.1 Å². The average Bonchev–Trinajstić information content (AvgIpc) is 3.18. The molecule has 6 nitrogen and oxygen atoms in total. The van der Waals surface area contributed by atoms with E-state index in [0.717, 1.165) is 5.39 Å². The highest BCUT2D eigenvalue weighted by molar-refractivity contribution is 6.32. The van der Waals surface area contributed by atoms with Gasteiger partial charge in [-0.15, -0.1) is 0 Å². The molecule has 1 aromatic heterocycles. The lowest BCUT2D eigenvalue weighted by atomic mass is 10.1. The Morgan fingerprint density at radius 2 is 1.68 bits per heavy atom. The minimum absolute atomic E-state index is 0.160. The van der Waals surface area contributed by atoms with Crippen LogP contribution in [0.5, 0.6) is 17.2 Å². The van der Waals surface area contributed by atoms with Crippen LogP contribution in [0.2, 0.25) is 5.02 Å². The Morgan fingerprint density at radius 3 is 2.42 bits per heavy atom. The first kappa shape index (κ1) is 20.6. The minimum atomic E-state index is -0.439. The third-order valence-electron chi connectivity index (χ3n) is 4.75. The second kappa shape index (κ2) is 9.02. The van der Waals surface area contributed by atoms with Crippen molar-refractivity contribution >= 4 is 34.2 Å². The van der Waals surface area contributed by atoms with Crippen molar-refractivity contribution in [3.05, 3.63) is 83.1 Å². The first-order valence-corrected chi connectivity index (χ1v) is 9.89. The molecule has 0 radical (unpaired) electrons. The van der Waals surface area contributed by atoms with Crippen molar-refractivity contribution in [2.45, 2.75) is 6.61 Å². The summed E-state index contributed by atoms with van der Waals surface area (Å²) in [6, 6.07) is 20.0. The standard InChI is InChI=1S/C24H20ClNO5/c1-28-21-13-19(22(29-2)12-18(21)25)26-24(27)23-17(14-30-15-8-4-3-5-9-15)16-10-6-7-11-20(16)31-23/h3-13H,14H2,1-2H3,(H,26,27). The van der Waals surface area contributed by atoms with Crippen LogP contribution in [0.4, 0.5) is 5.69 Å². The number of carbonyl (C=O) groups is 1. The Kier molecular flexibility index (Phi) is 6.00. The largest absolute Gasteiger partial charge is 0.495 e. The highest BCUT2D eigenvalue weighted by Crippen LogP contribution is 2.36. The van der Waals surface area contributed by atoms with E-state index < -0.39 is 5.91 Å². The number of furan rings is 1. The molecule has 0 spiro atoms. The number of nitrogens with one attached hydrogen (secondary N) is 1. The second-order valence-electron chi connectivity index (χ2n) is 6.65. The lowest BCUT2D eigenvalue weighted by Crippen LogP contribution is -2.14. The number of hydrogen-bond donors (Lipinski definition) is 1. The average molecular weight is 438 g/mol. The summed E-state index contributed by atoms with van der Waals surface area (Å²) in [5, 5.41) is 4.01. The van der Waals surface area contributed by atoms with Crippen molar-refractivity contribution in [2.75, 3.05) is 19.5 Å². The van der Waals surface area contributed by atoms with Gasteiger partial charge < -0.3 is 23.9 Å². The van der Waals surface area contributed by atoms with Gasteiger partial charge >= 0.3 is 0 Å². The van der Waals surface area contributed by atoms with E-state index in [-0.39, 0.29) is 12.4 Å². The quantitative estimate of drug-likeness (QED) is 0.387. The molecule has 1 N–H and O–H groups in total. The van der Waals surface area contributed by atoms with Crippen LogP contribution in [0.1, 0.15) is 16.1 Å². The summed E-state index contributed by atoms with van der Waals surface area (Å²) in [6.07, 6.45) is 0. The smallest absolute Gasteiger partial charge is 0.291 e. The first-order chi connectivity index (χ1) is 15.1. The van der Waals surface area contributed by atoms with Crippen molar-refractivity contribution in [1.82, 2.24) is 0 Å². The summed E-state index contributed by atoms with van der Waals surface area (Å²) in [4.78, 5) is 13.2. The van der Waals surface area contributed by atoms with Crippen molar-refractivity contribution in [3.8, 4) is 17.2 Å². The van der Waals surface area contributed by atoms with Crippen molar-refractivity contribution in [1.29, 1.82) is 0 Å². The van der Waals surface area contributed by atoms with Crippen LogP contribution >= 0.6 is 11.6 Å². The van der Waals surface area contributed by atoms with Gasteiger partial charge in [0.1, 0.15) is 29.4 Å². The van der Waals surface area contributed by atoms with Crippen molar-refractivity contribution in [3.63, 3.8) is 0 Å². The number of halogens is 1. The Bertz CT molecular complexity index is 1220. The topological polar surface area (TPSA) is 69.9 Å². The van der Waals surface area contributed by atoms with Gasteiger partial charge in [0.05, 0.1) is 24.9 Å². The van der Waals surface area contributed by atoms with Crippen LogP contribution in [0.25, 0.3) is 11.0 Å². The van der Waals surface area contributed by atoms with Crippen LogP contribution in [-0.2, 0) is 6.61 Å². The zero-order valence-electron chi connectivity index (χ0n) is 17.0. The minimum Gasteiger partial charge on any atom is -0.495 e. The summed E-state index contributed by atoms with van der Waals surface area (Å²) in [5.74, 6) is 1.23. The van der Waals surface area contributed by atoms with Crippen LogP contribution in [0, 0.1) is 0 Å². The molecule has 158 valence electrons. The maximum Gasteiger partial charge on any atom is 0.291 e. The molecule has 4 aromatic rings. The molecule has 1 amide bonds. The molecule has 0 unspecified atom stereocenters. The number of amides is 1. The van der Waals surface area contributed by atoms with Crippen molar-refractivity contribution in [2.24, 2.45) is 0 Å². The fraction of sp³-hybridized carbons (Fsp3) is 0.125. The number of benzene rings is 3. The fourth-order valence-corrected chi connectivity index (χ4v) is 3.47. The number of rotatable bonds is 7. The Balaban J connectivity index is 1.68. The van der Waals surface area contributed by atoms with Gasteiger partial charge in [-0.05, 0) is 18.2 Å². The molecule has 0 saturated heterocycles. The zero-order valence-corrected chi connectivity index (χ0v) is 17.7. The lowest BCUT2D eigenvalue weighted by molar-refractivity contribution is 0.0995. The molecular weight excluding hydrogens is 418 g/mol. The number of methoxy groups -OCH3 is 2. The molecule has 0 fully saturated rings. The number of ether oxygens (including phenoxy) is 3. The third kappa shape index (κ3) is 4.29. The summed E-state index contributed by atoms with van der Waals surface area (Å²) >= 11 is 6.16. The second-order valence-corrected chi connectivity index (χ2v) is 7.06. The number of hydrogen-bond acceptors (Lipinski definition) is 5. The van der Waals surface area contributed by atoms with E-state index in [2.05, 4.69) is 5.32 Å². The predicted molar refractivity (Wildman–Crippen MR) is 119 cm³/mol. The molecule has 1 heterocycles. The van der Waals surface area contributed by atoms with Gasteiger partial charge in [-0.3, -0.25) is 4.79 Å². The van der Waals surface area contributed by atoms with E-state index in [4.69, 9.17) is 30.2 Å². The van der Waals surface area contributed by atoms with Gasteiger partial charge in [0.25, 0.3) is 5.91 Å². The summed E-state index contributed by atoms with van der Waals surface area (Å²) < 4.78 is 22.4. The molecule has 0 bridgehead atoms. The van der Waals surface area contributed by atoms with E-state index in [0.29, 0.717) is 39.1 Å². The van der Waals surface area contributed by atoms with Crippen LogP contribution in [0.15, 0.2) is 71.1 Å². The Morgan fingerprint density at radius 1 is 0.968 bits per heavy atom. The SMILES string of the molecule is COc1cc(NC(=O)c2oc3ccccc3c2COc2ccccc2)c(OC)cc1Cl. The fourth-order valence-electron chi connectivity index (χ4n) is 3.23. The van der Waals surface area contributed by atoms with Crippen LogP contribution in [0.3, 0.4) is 0 Å². The number of fused-ring (bicyclic) bond motifs is 1. The number of anilines is 1. The summed E-state index contributed by atoms with van der Waals surface area (Å²) in [7, 11) is 2.99. The molecule has 0 atom stereocenters. The molecule has 3 aromatic carbocycles. The highest BCUT2D eigenvalue weighted by Gasteiger charge is 2.23. The number of carbonyl (C=O) groups excluding carboxylic acids is 1. The van der Waals surface area contributed by atoms with Crippen LogP contribution < -0.4 is 19.5 Å². The Labute approximate surface area is 184 Å². The summed E-state index contributed by atoms with van der Waals surface area (Å²) in [5.41, 5.74) is 1.65. The Hall–Kier alpha value is -3.64. The van der Waals surface area contributed by atoms with E-state index in [9.17, 15) is 4.79 Å². The van der Waals surface area contributed by atoms with E-state index >= 15 is 0 Å². The molecule has 4 rings (SSSR count). The monoisotopic (exact) mass is 437 g/mol. The first-order valence-electron chi connectivity index (χ1n) is 9.52. The van der Waals surface area contributed by atoms with Gasteiger partial charge in [-0.25, -0.2) is 0 Å². The molecule has 0 aliphatic rings. The third-order valence-corrected chi connectivity index (χ3v) is 5.05. The maximum atomic E-state index is 13.2. The van der Waals surface area contributed by atoms with E-state index in [1.807, 2.05) is 54.6 Å². The highest BCUT2D eigenvalue weighted by atomic mass is 35.5. The van der Waals surface area contributed by atoms with Gasteiger partial charge in [0.2, 0.25) is 0 Å². The van der Waals surface area contributed by atoms with Gasteiger partial charge in [0.15, 0.2) is 5.76 Å². The van der Waals surface area contributed by atoms with Gasteiger partial charge in [-0.1, -0.05) is 48.0 Å². The molecule has 0 saturated carbocycles. The lowest BCUT2D eigenvalue weighted by Gasteiger charge is -2.13. The van der Waals surface area contributed by atoms with Gasteiger partial charge in [0, 0.05) is 23.1 Å². The number of para-hydroxylation sites is 2. The molecule has 0 aliphatic carbocycles. The zero-order chi connectivity index (χ0) is 21.8. The molecular formula is C24H20ClNO5. The molecule has 31 heavy (non-hydrogen) atoms. The van der Waals surface area contributed by atoms with E-state index in [1.165, 1.54) is 14.2 Å². The maximum absolute atomic E-state index is 13.2. The van der Waals surface area contributed by atoms with Gasteiger partial charge in [-0.2, -0.15) is 0 Å². The van der Waals surface area contributed by atoms with Crippen molar-refractivity contribution < 1.29 is 23.4 Å². The predicted octanol–water partition coefficient (Wildman–Crippen LogP) is 5.93. The summed E-state index contributed by atoms with van der Waals surface area (Å²) in [6.45, 7) is 0.171.